The Balaban J connectivity index is 2.00. The van der Waals surface area contributed by atoms with Gasteiger partial charge in [0.2, 0.25) is 0 Å². The maximum atomic E-state index is 4.32. The van der Waals surface area contributed by atoms with Crippen LogP contribution in [-0.2, 0) is 0 Å². The number of anilines is 1. The van der Waals surface area contributed by atoms with Crippen molar-refractivity contribution in [2.45, 2.75) is 6.42 Å². The molecule has 1 fully saturated rings. The van der Waals surface area contributed by atoms with Gasteiger partial charge in [-0.25, -0.2) is 4.98 Å². The van der Waals surface area contributed by atoms with Crippen LogP contribution in [0.15, 0.2) is 30.6 Å². The van der Waals surface area contributed by atoms with E-state index in [-0.39, 0.29) is 0 Å². The minimum Gasteiger partial charge on any atom is -0.356 e. The number of fused-ring (bicyclic) bond motifs is 1. The first-order valence-electron chi connectivity index (χ1n) is 5.83. The second kappa shape index (κ2) is 4.14. The van der Waals surface area contributed by atoms with Crippen LogP contribution in [0.2, 0.25) is 0 Å². The fraction of sp³-hybridized carbons (Fsp3) is 0.417. The molecule has 0 aliphatic carbocycles. The quantitative estimate of drug-likeness (QED) is 0.775. The lowest BCUT2D eigenvalue weighted by Gasteiger charge is -2.23. The molecule has 0 radical (unpaired) electrons. The van der Waals surface area contributed by atoms with Crippen molar-refractivity contribution < 1.29 is 0 Å². The molecule has 84 valence electrons. The predicted octanol–water partition coefficient (Wildman–Crippen LogP) is 1.13. The van der Waals surface area contributed by atoms with Crippen LogP contribution in [0, 0.1) is 0 Å². The third-order valence-electron chi connectivity index (χ3n) is 3.07. The number of hydrogen-bond acceptors (Lipinski definition) is 3. The standard InChI is InChI=1S/C12H16N4/c1-3-11-14-7-10-16(11)12(4-1)15-8-2-5-13-6-9-15/h1,3-4,7,10,13H,2,5-6,8-9H2. The number of nitrogens with zero attached hydrogens (tertiary/aromatic N) is 3. The SMILES string of the molecule is c1cc(N2CCCNCC2)n2ccnc2c1. The van der Waals surface area contributed by atoms with Gasteiger partial charge in [-0.05, 0) is 25.1 Å². The van der Waals surface area contributed by atoms with Gasteiger partial charge in [-0.15, -0.1) is 0 Å². The van der Waals surface area contributed by atoms with Crippen LogP contribution in [0.5, 0.6) is 0 Å². The molecule has 0 aromatic carbocycles. The average molecular weight is 216 g/mol. The summed E-state index contributed by atoms with van der Waals surface area (Å²) in [5, 5.41) is 3.42. The zero-order valence-corrected chi connectivity index (χ0v) is 9.26. The van der Waals surface area contributed by atoms with Gasteiger partial charge in [-0.3, -0.25) is 4.40 Å². The van der Waals surface area contributed by atoms with E-state index in [1.165, 1.54) is 12.2 Å². The molecule has 2 aromatic rings. The fourth-order valence-corrected chi connectivity index (χ4v) is 2.27. The van der Waals surface area contributed by atoms with E-state index >= 15 is 0 Å². The van der Waals surface area contributed by atoms with Gasteiger partial charge < -0.3 is 10.2 Å². The van der Waals surface area contributed by atoms with Crippen LogP contribution in [-0.4, -0.2) is 35.6 Å². The van der Waals surface area contributed by atoms with Crippen molar-refractivity contribution in [3.05, 3.63) is 30.6 Å². The van der Waals surface area contributed by atoms with Gasteiger partial charge in [-0.2, -0.15) is 0 Å². The third kappa shape index (κ3) is 1.65. The van der Waals surface area contributed by atoms with E-state index in [0.717, 1.165) is 31.8 Å². The van der Waals surface area contributed by atoms with Gasteiger partial charge in [0.05, 0.1) is 0 Å². The highest BCUT2D eigenvalue weighted by atomic mass is 15.2. The summed E-state index contributed by atoms with van der Waals surface area (Å²) in [5.41, 5.74) is 1.02. The number of hydrogen-bond donors (Lipinski definition) is 1. The molecule has 0 bridgehead atoms. The largest absolute Gasteiger partial charge is 0.356 e. The summed E-state index contributed by atoms with van der Waals surface area (Å²) < 4.78 is 2.16. The Morgan fingerprint density at radius 2 is 2.19 bits per heavy atom. The number of imidazole rings is 1. The molecule has 3 heterocycles. The molecule has 1 aliphatic rings. The molecule has 16 heavy (non-hydrogen) atoms. The smallest absolute Gasteiger partial charge is 0.138 e. The molecule has 4 nitrogen and oxygen atoms in total. The van der Waals surface area contributed by atoms with E-state index in [0.29, 0.717) is 0 Å². The molecule has 1 saturated heterocycles. The highest BCUT2D eigenvalue weighted by Crippen LogP contribution is 2.16. The van der Waals surface area contributed by atoms with Crippen molar-refractivity contribution >= 4 is 11.5 Å². The fourth-order valence-electron chi connectivity index (χ4n) is 2.27. The molecule has 4 heteroatoms. The normalized spacial score (nSPS) is 17.6. The molecular weight excluding hydrogens is 200 g/mol. The van der Waals surface area contributed by atoms with Gasteiger partial charge in [-0.1, -0.05) is 6.07 Å². The van der Waals surface area contributed by atoms with Crippen molar-refractivity contribution in [1.29, 1.82) is 0 Å². The highest BCUT2D eigenvalue weighted by molar-refractivity contribution is 5.51. The van der Waals surface area contributed by atoms with Gasteiger partial charge in [0, 0.05) is 32.0 Å². The van der Waals surface area contributed by atoms with E-state index in [4.69, 9.17) is 0 Å². The maximum absolute atomic E-state index is 4.32. The minimum absolute atomic E-state index is 1.02. The Morgan fingerprint density at radius 1 is 1.19 bits per heavy atom. The summed E-state index contributed by atoms with van der Waals surface area (Å²) in [5.74, 6) is 1.25. The van der Waals surface area contributed by atoms with Gasteiger partial charge in [0.1, 0.15) is 11.5 Å². The zero-order valence-electron chi connectivity index (χ0n) is 9.26. The summed E-state index contributed by atoms with van der Waals surface area (Å²) in [7, 11) is 0. The Bertz CT molecular complexity index is 469. The van der Waals surface area contributed by atoms with E-state index in [9.17, 15) is 0 Å². The average Bonchev–Trinajstić information content (AvgIpc) is 2.63. The molecule has 1 aliphatic heterocycles. The number of aromatic nitrogens is 2. The van der Waals surface area contributed by atoms with E-state index in [1.807, 2.05) is 18.5 Å². The minimum atomic E-state index is 1.02. The topological polar surface area (TPSA) is 32.6 Å². The number of rotatable bonds is 1. The molecule has 1 N–H and O–H groups in total. The Labute approximate surface area is 94.9 Å². The summed E-state index contributed by atoms with van der Waals surface area (Å²) in [6, 6.07) is 6.29. The predicted molar refractivity (Wildman–Crippen MR) is 64.9 cm³/mol. The van der Waals surface area contributed by atoms with Crippen LogP contribution in [0.3, 0.4) is 0 Å². The molecule has 0 unspecified atom stereocenters. The van der Waals surface area contributed by atoms with Crippen molar-refractivity contribution in [2.24, 2.45) is 0 Å². The molecule has 0 spiro atoms. The van der Waals surface area contributed by atoms with E-state index in [2.05, 4.69) is 31.7 Å². The van der Waals surface area contributed by atoms with Gasteiger partial charge in [0.15, 0.2) is 0 Å². The van der Waals surface area contributed by atoms with Crippen molar-refractivity contribution in [3.63, 3.8) is 0 Å². The van der Waals surface area contributed by atoms with Crippen LogP contribution in [0.1, 0.15) is 6.42 Å². The van der Waals surface area contributed by atoms with Gasteiger partial charge in [0.25, 0.3) is 0 Å². The molecule has 0 atom stereocenters. The van der Waals surface area contributed by atoms with Crippen molar-refractivity contribution in [1.82, 2.24) is 14.7 Å². The Hall–Kier alpha value is -1.55. The lowest BCUT2D eigenvalue weighted by molar-refractivity contribution is 0.724. The van der Waals surface area contributed by atoms with Crippen LogP contribution < -0.4 is 10.2 Å². The van der Waals surface area contributed by atoms with Crippen molar-refractivity contribution in [3.8, 4) is 0 Å². The molecule has 0 saturated carbocycles. The van der Waals surface area contributed by atoms with E-state index < -0.39 is 0 Å². The van der Waals surface area contributed by atoms with Crippen LogP contribution >= 0.6 is 0 Å². The molecule has 2 aromatic heterocycles. The monoisotopic (exact) mass is 216 g/mol. The molecular formula is C12H16N4. The summed E-state index contributed by atoms with van der Waals surface area (Å²) in [6.07, 6.45) is 5.09. The van der Waals surface area contributed by atoms with Gasteiger partial charge >= 0.3 is 0 Å². The number of pyridine rings is 1. The lowest BCUT2D eigenvalue weighted by atomic mass is 10.3. The summed E-state index contributed by atoms with van der Waals surface area (Å²) in [4.78, 5) is 6.74. The lowest BCUT2D eigenvalue weighted by Crippen LogP contribution is -2.29. The van der Waals surface area contributed by atoms with E-state index in [1.54, 1.807) is 0 Å². The van der Waals surface area contributed by atoms with Crippen LogP contribution in [0.25, 0.3) is 5.65 Å². The maximum Gasteiger partial charge on any atom is 0.138 e. The van der Waals surface area contributed by atoms with Crippen LogP contribution in [0.4, 0.5) is 5.82 Å². The number of nitrogens with one attached hydrogen (secondary N) is 1. The second-order valence-corrected chi connectivity index (χ2v) is 4.13. The first kappa shape index (κ1) is 9.66. The second-order valence-electron chi connectivity index (χ2n) is 4.13. The molecule has 3 rings (SSSR count). The third-order valence-corrected chi connectivity index (χ3v) is 3.07. The summed E-state index contributed by atoms with van der Waals surface area (Å²) in [6.45, 7) is 4.36. The van der Waals surface area contributed by atoms with Crippen molar-refractivity contribution in [2.75, 3.05) is 31.1 Å². The molecule has 0 amide bonds. The highest BCUT2D eigenvalue weighted by Gasteiger charge is 2.11. The Kier molecular flexibility index (Phi) is 2.50. The summed E-state index contributed by atoms with van der Waals surface area (Å²) >= 11 is 0. The first-order valence-corrected chi connectivity index (χ1v) is 5.83. The first-order chi connectivity index (χ1) is 7.95. The zero-order chi connectivity index (χ0) is 10.8. The Morgan fingerprint density at radius 3 is 3.19 bits per heavy atom.